The standard InChI is InChI=1S/C29H29ClN4O4/c1-34-12-11-28-22-16-7-8-20(35-2)23(22)37-25(28)29(36-3)10-9-27(28,21(34)13-16)15-19(29)24-32-33-26(38-24)31-18-6-4-5-17(30)14-18/h4-10,14,19,21,25H,11-13,15H2,1-3H3,(H,31,33)/t19-,21-,25-,27-,28+,29-/m1/s1. The summed E-state index contributed by atoms with van der Waals surface area (Å²) in [5, 5.41) is 12.7. The molecule has 1 aromatic heterocycles. The summed E-state index contributed by atoms with van der Waals surface area (Å²) in [4.78, 5) is 2.53. The molecule has 4 bridgehead atoms. The first-order valence-corrected chi connectivity index (χ1v) is 13.5. The molecule has 6 atom stereocenters. The highest BCUT2D eigenvalue weighted by Gasteiger charge is 2.79. The van der Waals surface area contributed by atoms with Crippen LogP contribution in [0.25, 0.3) is 0 Å². The molecule has 8 nitrogen and oxygen atoms in total. The molecule has 2 aromatic carbocycles. The lowest BCUT2D eigenvalue weighted by Crippen LogP contribution is -2.78. The summed E-state index contributed by atoms with van der Waals surface area (Å²) >= 11 is 6.17. The number of hydrogen-bond donors (Lipinski definition) is 1. The van der Waals surface area contributed by atoms with Crippen molar-refractivity contribution in [2.24, 2.45) is 5.41 Å². The number of piperidine rings is 1. The number of methoxy groups -OCH3 is 2. The van der Waals surface area contributed by atoms with E-state index in [1.54, 1.807) is 14.2 Å². The molecule has 38 heavy (non-hydrogen) atoms. The second kappa shape index (κ2) is 7.52. The molecular formula is C29H29ClN4O4. The quantitative estimate of drug-likeness (QED) is 0.466. The maximum absolute atomic E-state index is 6.99. The first-order valence-electron chi connectivity index (χ1n) is 13.1. The molecule has 2 fully saturated rings. The summed E-state index contributed by atoms with van der Waals surface area (Å²) in [6.45, 7) is 1.01. The van der Waals surface area contributed by atoms with Crippen LogP contribution in [0.15, 0.2) is 53.0 Å². The van der Waals surface area contributed by atoms with Gasteiger partial charge in [-0.3, -0.25) is 0 Å². The highest BCUT2D eigenvalue weighted by Crippen LogP contribution is 2.75. The molecule has 196 valence electrons. The van der Waals surface area contributed by atoms with Gasteiger partial charge in [0.1, 0.15) is 11.7 Å². The van der Waals surface area contributed by atoms with E-state index in [4.69, 9.17) is 30.2 Å². The van der Waals surface area contributed by atoms with E-state index in [0.29, 0.717) is 23.0 Å². The number of rotatable bonds is 5. The van der Waals surface area contributed by atoms with Crippen LogP contribution in [0.1, 0.15) is 35.8 Å². The Morgan fingerprint density at radius 1 is 1.16 bits per heavy atom. The molecular weight excluding hydrogens is 504 g/mol. The van der Waals surface area contributed by atoms with Gasteiger partial charge in [-0.2, -0.15) is 0 Å². The third-order valence-electron chi connectivity index (χ3n) is 10.1. The molecule has 0 unspecified atom stereocenters. The van der Waals surface area contributed by atoms with Gasteiger partial charge >= 0.3 is 6.01 Å². The normalized spacial score (nSPS) is 35.6. The van der Waals surface area contributed by atoms with Crippen LogP contribution in [-0.2, 0) is 16.6 Å². The minimum Gasteiger partial charge on any atom is -0.493 e. The second-order valence-corrected chi connectivity index (χ2v) is 11.8. The lowest BCUT2D eigenvalue weighted by atomic mass is 9.37. The number of anilines is 2. The van der Waals surface area contributed by atoms with Crippen LogP contribution >= 0.6 is 11.6 Å². The number of benzene rings is 2. The van der Waals surface area contributed by atoms with Gasteiger partial charge in [0, 0.05) is 34.8 Å². The third kappa shape index (κ3) is 2.54. The lowest BCUT2D eigenvalue weighted by molar-refractivity contribution is -0.200. The zero-order valence-electron chi connectivity index (χ0n) is 21.5. The molecule has 2 aliphatic heterocycles. The van der Waals surface area contributed by atoms with Gasteiger partial charge in [-0.1, -0.05) is 41.0 Å². The molecule has 3 heterocycles. The molecule has 6 aliphatic rings. The zero-order valence-corrected chi connectivity index (χ0v) is 22.3. The van der Waals surface area contributed by atoms with E-state index in [0.717, 1.165) is 43.0 Å². The number of likely N-dealkylation sites (tertiary alicyclic amines) is 1. The lowest BCUT2D eigenvalue weighted by Gasteiger charge is -2.70. The number of hydrogen-bond acceptors (Lipinski definition) is 8. The number of ether oxygens (including phenoxy) is 3. The molecule has 9 rings (SSSR count). The molecule has 0 amide bonds. The predicted molar refractivity (Wildman–Crippen MR) is 142 cm³/mol. The topological polar surface area (TPSA) is 81.9 Å². The van der Waals surface area contributed by atoms with Gasteiger partial charge in [-0.05, 0) is 62.7 Å². The number of halogens is 1. The average Bonchev–Trinajstić information content (AvgIpc) is 3.54. The summed E-state index contributed by atoms with van der Waals surface area (Å²) < 4.78 is 25.6. The van der Waals surface area contributed by atoms with Crippen LogP contribution in [0.5, 0.6) is 11.5 Å². The Kier molecular flexibility index (Phi) is 4.53. The Bertz CT molecular complexity index is 1510. The number of aromatic nitrogens is 2. The largest absolute Gasteiger partial charge is 0.493 e. The van der Waals surface area contributed by atoms with Crippen molar-refractivity contribution < 1.29 is 18.6 Å². The fourth-order valence-electron chi connectivity index (χ4n) is 8.60. The molecule has 0 radical (unpaired) electrons. The van der Waals surface area contributed by atoms with Gasteiger partial charge in [-0.15, -0.1) is 5.10 Å². The number of nitrogens with zero attached hydrogens (tertiary/aromatic N) is 3. The molecule has 2 spiro atoms. The van der Waals surface area contributed by atoms with Crippen molar-refractivity contribution in [2.45, 2.75) is 48.3 Å². The van der Waals surface area contributed by atoms with Gasteiger partial charge in [0.2, 0.25) is 5.89 Å². The molecule has 3 aromatic rings. The molecule has 1 saturated heterocycles. The summed E-state index contributed by atoms with van der Waals surface area (Å²) in [5.41, 5.74) is 2.35. The van der Waals surface area contributed by atoms with Gasteiger partial charge in [0.25, 0.3) is 0 Å². The van der Waals surface area contributed by atoms with Crippen LogP contribution < -0.4 is 14.8 Å². The van der Waals surface area contributed by atoms with E-state index >= 15 is 0 Å². The minimum atomic E-state index is -0.763. The van der Waals surface area contributed by atoms with Crippen LogP contribution in [0, 0.1) is 5.41 Å². The fraction of sp³-hybridized carbons (Fsp3) is 0.448. The van der Waals surface area contributed by atoms with Crippen LogP contribution in [-0.4, -0.2) is 60.7 Å². The second-order valence-electron chi connectivity index (χ2n) is 11.3. The van der Waals surface area contributed by atoms with Crippen molar-refractivity contribution in [2.75, 3.05) is 33.1 Å². The zero-order chi connectivity index (χ0) is 25.9. The van der Waals surface area contributed by atoms with Gasteiger partial charge in [0.15, 0.2) is 11.5 Å². The summed E-state index contributed by atoms with van der Waals surface area (Å²) in [6, 6.07) is 12.4. The first-order chi connectivity index (χ1) is 18.5. The van der Waals surface area contributed by atoms with Crippen molar-refractivity contribution >= 4 is 23.3 Å². The van der Waals surface area contributed by atoms with E-state index < -0.39 is 5.60 Å². The van der Waals surface area contributed by atoms with E-state index in [9.17, 15) is 0 Å². The Hall–Kier alpha value is -3.07. The highest BCUT2D eigenvalue weighted by atomic mass is 35.5. The van der Waals surface area contributed by atoms with Crippen molar-refractivity contribution in [3.05, 3.63) is 70.6 Å². The van der Waals surface area contributed by atoms with E-state index in [1.165, 1.54) is 11.1 Å². The molecule has 1 saturated carbocycles. The van der Waals surface area contributed by atoms with Gasteiger partial charge in [0.05, 0.1) is 18.4 Å². The Labute approximate surface area is 225 Å². The Balaban J connectivity index is 1.28. The summed E-state index contributed by atoms with van der Waals surface area (Å²) in [5.74, 6) is 2.04. The SMILES string of the molecule is COc1ccc2c3c1O[C@H]1[C@@]4(OC)C=C[C@@]5(C[C@@H]4c4nnc(Nc6cccc(Cl)c6)o4)[C@@H](C2)N(C)CC[C@]315. The van der Waals surface area contributed by atoms with E-state index in [2.05, 4.69) is 45.7 Å². The summed E-state index contributed by atoms with van der Waals surface area (Å²) in [6.07, 6.45) is 7.22. The fourth-order valence-corrected chi connectivity index (χ4v) is 8.79. The van der Waals surface area contributed by atoms with E-state index in [-0.39, 0.29) is 22.9 Å². The van der Waals surface area contributed by atoms with Crippen LogP contribution in [0.4, 0.5) is 11.7 Å². The molecule has 4 aliphatic carbocycles. The maximum Gasteiger partial charge on any atom is 0.320 e. The van der Waals surface area contributed by atoms with Crippen LogP contribution in [0.3, 0.4) is 0 Å². The average molecular weight is 533 g/mol. The minimum absolute atomic E-state index is 0.157. The highest BCUT2D eigenvalue weighted by molar-refractivity contribution is 6.30. The van der Waals surface area contributed by atoms with Crippen molar-refractivity contribution in [1.82, 2.24) is 15.1 Å². The third-order valence-corrected chi connectivity index (χ3v) is 10.3. The van der Waals surface area contributed by atoms with Gasteiger partial charge in [-0.25, -0.2) is 0 Å². The number of fused-ring (bicyclic) bond motifs is 1. The van der Waals surface area contributed by atoms with Crippen molar-refractivity contribution in [1.29, 1.82) is 0 Å². The van der Waals surface area contributed by atoms with Crippen molar-refractivity contribution in [3.8, 4) is 11.5 Å². The van der Waals surface area contributed by atoms with Crippen LogP contribution in [0.2, 0.25) is 5.02 Å². The van der Waals surface area contributed by atoms with E-state index in [1.807, 2.05) is 30.3 Å². The van der Waals surface area contributed by atoms with Gasteiger partial charge < -0.3 is 28.8 Å². The number of likely N-dealkylation sites (N-methyl/N-ethyl adjacent to an activating group) is 1. The predicted octanol–water partition coefficient (Wildman–Crippen LogP) is 4.86. The Morgan fingerprint density at radius 3 is 2.87 bits per heavy atom. The first kappa shape index (κ1) is 22.9. The summed E-state index contributed by atoms with van der Waals surface area (Å²) in [7, 11) is 5.74. The number of nitrogens with one attached hydrogen (secondary N) is 1. The maximum atomic E-state index is 6.99. The molecule has 1 N–H and O–H groups in total. The van der Waals surface area contributed by atoms with Crippen molar-refractivity contribution in [3.63, 3.8) is 0 Å². The monoisotopic (exact) mass is 532 g/mol. The Morgan fingerprint density at radius 2 is 2.05 bits per heavy atom. The smallest absolute Gasteiger partial charge is 0.320 e. The molecule has 9 heteroatoms.